The van der Waals surface area contributed by atoms with Crippen molar-refractivity contribution in [3.63, 3.8) is 0 Å². The molecule has 26 heavy (non-hydrogen) atoms. The van der Waals surface area contributed by atoms with Gasteiger partial charge in [0, 0.05) is 13.0 Å². The van der Waals surface area contributed by atoms with Crippen molar-refractivity contribution >= 4 is 23.0 Å². The number of aromatic nitrogens is 4. The number of aliphatic hydroxyl groups excluding tert-OH is 2. The van der Waals surface area contributed by atoms with Gasteiger partial charge in [0.25, 0.3) is 5.56 Å². The van der Waals surface area contributed by atoms with Gasteiger partial charge in [-0.2, -0.15) is 4.98 Å². The van der Waals surface area contributed by atoms with E-state index in [-0.39, 0.29) is 28.9 Å². The lowest BCUT2D eigenvalue weighted by atomic mass is 10.1. The number of hydrogen-bond acceptors (Lipinski definition) is 8. The van der Waals surface area contributed by atoms with Gasteiger partial charge < -0.3 is 19.7 Å². The molecule has 1 amide bonds. The van der Waals surface area contributed by atoms with E-state index < -0.39 is 36.7 Å². The fourth-order valence-corrected chi connectivity index (χ4v) is 2.78. The second-order valence-corrected chi connectivity index (χ2v) is 6.32. The third-order valence-electron chi connectivity index (χ3n) is 4.24. The van der Waals surface area contributed by atoms with Crippen molar-refractivity contribution in [1.82, 2.24) is 19.5 Å². The van der Waals surface area contributed by atoms with Gasteiger partial charge in [-0.25, -0.2) is 4.98 Å². The summed E-state index contributed by atoms with van der Waals surface area (Å²) in [4.78, 5) is 34.8. The standard InChI is InChI=1S/C15H21N5O6/c1-6(2)12(23)18-15-17-11-8(13(24)19-15)16-5-20(11)14-10(25-3)9(22)7(4-21)26-14/h5-7,9-10,14,21-22H,4H2,1-3H3,(H2,17,18,19,23,24)/t7?,9?,10-,14?/m0/s1. The monoisotopic (exact) mass is 367 g/mol. The van der Waals surface area contributed by atoms with E-state index in [0.29, 0.717) is 0 Å². The lowest BCUT2D eigenvalue weighted by Crippen LogP contribution is -2.34. The van der Waals surface area contributed by atoms with Crippen molar-refractivity contribution in [2.75, 3.05) is 19.0 Å². The number of carbonyl (C=O) groups excluding carboxylic acids is 1. The molecule has 3 rings (SSSR count). The Morgan fingerprint density at radius 2 is 2.27 bits per heavy atom. The van der Waals surface area contributed by atoms with Crippen molar-refractivity contribution in [3.8, 4) is 0 Å². The number of aromatic amines is 1. The van der Waals surface area contributed by atoms with Gasteiger partial charge in [0.2, 0.25) is 11.9 Å². The number of anilines is 1. The molecule has 0 radical (unpaired) electrons. The molecule has 142 valence electrons. The van der Waals surface area contributed by atoms with Crippen molar-refractivity contribution < 1.29 is 24.5 Å². The topological polar surface area (TPSA) is 152 Å². The minimum atomic E-state index is -1.06. The summed E-state index contributed by atoms with van der Waals surface area (Å²) in [6, 6.07) is 0. The zero-order valence-corrected chi connectivity index (χ0v) is 14.5. The molecule has 0 aliphatic carbocycles. The summed E-state index contributed by atoms with van der Waals surface area (Å²) in [6.45, 7) is 3.03. The minimum Gasteiger partial charge on any atom is -0.394 e. The maximum atomic E-state index is 12.2. The molecule has 3 unspecified atom stereocenters. The van der Waals surface area contributed by atoms with Gasteiger partial charge in [-0.15, -0.1) is 0 Å². The van der Waals surface area contributed by atoms with Crippen LogP contribution in [0.25, 0.3) is 11.2 Å². The summed E-state index contributed by atoms with van der Waals surface area (Å²) >= 11 is 0. The fraction of sp³-hybridized carbons (Fsp3) is 0.600. The minimum absolute atomic E-state index is 0.0193. The molecule has 0 saturated carbocycles. The highest BCUT2D eigenvalue weighted by Crippen LogP contribution is 2.32. The molecule has 1 aliphatic heterocycles. The first kappa shape index (κ1) is 18.5. The molecule has 0 bridgehead atoms. The lowest BCUT2D eigenvalue weighted by molar-refractivity contribution is -0.118. The highest BCUT2D eigenvalue weighted by molar-refractivity contribution is 5.91. The van der Waals surface area contributed by atoms with Crippen LogP contribution in [0.15, 0.2) is 11.1 Å². The highest BCUT2D eigenvalue weighted by atomic mass is 16.6. The van der Waals surface area contributed by atoms with Crippen LogP contribution in [0.3, 0.4) is 0 Å². The van der Waals surface area contributed by atoms with Gasteiger partial charge in [-0.3, -0.25) is 24.5 Å². The zero-order chi connectivity index (χ0) is 19.0. The Morgan fingerprint density at radius 3 is 2.88 bits per heavy atom. The summed E-state index contributed by atoms with van der Waals surface area (Å²) in [5.74, 6) is -0.618. The molecule has 0 aromatic carbocycles. The Hall–Kier alpha value is -2.34. The highest BCUT2D eigenvalue weighted by Gasteiger charge is 2.45. The SMILES string of the molecule is CO[C@H]1C(O)C(CO)OC1n1cnc2c(=O)[nH]c(NC(=O)C(C)C)nc21. The van der Waals surface area contributed by atoms with Gasteiger partial charge in [-0.05, 0) is 0 Å². The average Bonchev–Trinajstić information content (AvgIpc) is 3.15. The van der Waals surface area contributed by atoms with E-state index in [9.17, 15) is 19.8 Å². The maximum Gasteiger partial charge on any atom is 0.280 e. The van der Waals surface area contributed by atoms with Gasteiger partial charge in [-0.1, -0.05) is 13.8 Å². The Balaban J connectivity index is 2.03. The number of hydrogen-bond donors (Lipinski definition) is 4. The largest absolute Gasteiger partial charge is 0.394 e. The van der Waals surface area contributed by atoms with Crippen molar-refractivity contribution in [2.45, 2.75) is 38.4 Å². The Bertz CT molecular complexity index is 862. The summed E-state index contributed by atoms with van der Waals surface area (Å²) in [5.41, 5.74) is -0.322. The van der Waals surface area contributed by atoms with E-state index in [4.69, 9.17) is 9.47 Å². The van der Waals surface area contributed by atoms with Crippen LogP contribution in [0.4, 0.5) is 5.95 Å². The van der Waals surface area contributed by atoms with Crippen LogP contribution in [0, 0.1) is 5.92 Å². The van der Waals surface area contributed by atoms with Crippen LogP contribution >= 0.6 is 0 Å². The number of methoxy groups -OCH3 is 1. The normalized spacial score (nSPS) is 25.9. The summed E-state index contributed by atoms with van der Waals surface area (Å²) < 4.78 is 12.3. The summed E-state index contributed by atoms with van der Waals surface area (Å²) in [7, 11) is 1.40. The zero-order valence-electron chi connectivity index (χ0n) is 14.5. The molecule has 1 saturated heterocycles. The molecule has 4 N–H and O–H groups in total. The molecule has 2 aromatic rings. The third kappa shape index (κ3) is 3.09. The predicted octanol–water partition coefficient (Wildman–Crippen LogP) is -1.02. The van der Waals surface area contributed by atoms with Crippen molar-refractivity contribution in [2.24, 2.45) is 5.92 Å². The maximum absolute atomic E-state index is 12.2. The van der Waals surface area contributed by atoms with Crippen LogP contribution in [-0.4, -0.2) is 67.7 Å². The van der Waals surface area contributed by atoms with Gasteiger partial charge in [0.1, 0.15) is 18.3 Å². The molecular weight excluding hydrogens is 346 g/mol. The number of fused-ring (bicyclic) bond motifs is 1. The third-order valence-corrected chi connectivity index (χ3v) is 4.24. The van der Waals surface area contributed by atoms with Crippen molar-refractivity contribution in [1.29, 1.82) is 0 Å². The van der Waals surface area contributed by atoms with Crippen LogP contribution in [0.5, 0.6) is 0 Å². The number of H-pyrrole nitrogens is 1. The fourth-order valence-electron chi connectivity index (χ4n) is 2.78. The van der Waals surface area contributed by atoms with E-state index >= 15 is 0 Å². The van der Waals surface area contributed by atoms with E-state index in [0.717, 1.165) is 0 Å². The number of amides is 1. The summed E-state index contributed by atoms with van der Waals surface area (Å²) in [6.07, 6.45) is -2.21. The molecule has 3 heterocycles. The van der Waals surface area contributed by atoms with E-state index in [1.807, 2.05) is 0 Å². The van der Waals surface area contributed by atoms with Gasteiger partial charge in [0.05, 0.1) is 12.9 Å². The Labute approximate surface area is 148 Å². The smallest absolute Gasteiger partial charge is 0.280 e. The van der Waals surface area contributed by atoms with E-state index in [2.05, 4.69) is 20.3 Å². The number of aliphatic hydroxyl groups is 2. The second kappa shape index (κ2) is 7.11. The summed E-state index contributed by atoms with van der Waals surface area (Å²) in [5, 5.41) is 22.1. The van der Waals surface area contributed by atoms with Crippen LogP contribution in [-0.2, 0) is 14.3 Å². The number of nitrogens with zero attached hydrogens (tertiary/aromatic N) is 3. The van der Waals surface area contributed by atoms with Crippen molar-refractivity contribution in [3.05, 3.63) is 16.7 Å². The molecule has 4 atom stereocenters. The molecule has 1 aliphatic rings. The number of rotatable bonds is 5. The van der Waals surface area contributed by atoms with Crippen LogP contribution in [0.1, 0.15) is 20.1 Å². The number of carbonyl (C=O) groups is 1. The number of ether oxygens (including phenoxy) is 2. The van der Waals surface area contributed by atoms with Gasteiger partial charge in [0.15, 0.2) is 17.4 Å². The molecule has 2 aromatic heterocycles. The Morgan fingerprint density at radius 1 is 1.54 bits per heavy atom. The first-order valence-corrected chi connectivity index (χ1v) is 8.12. The first-order valence-electron chi connectivity index (χ1n) is 8.12. The first-order chi connectivity index (χ1) is 12.4. The quantitative estimate of drug-likeness (QED) is 0.524. The number of imidazole rings is 1. The van der Waals surface area contributed by atoms with E-state index in [1.165, 1.54) is 18.0 Å². The molecule has 0 spiro atoms. The molecule has 11 nitrogen and oxygen atoms in total. The average molecular weight is 367 g/mol. The van der Waals surface area contributed by atoms with Crippen LogP contribution < -0.4 is 10.9 Å². The van der Waals surface area contributed by atoms with E-state index in [1.54, 1.807) is 13.8 Å². The predicted molar refractivity (Wildman–Crippen MR) is 89.4 cm³/mol. The van der Waals surface area contributed by atoms with Crippen LogP contribution in [0.2, 0.25) is 0 Å². The van der Waals surface area contributed by atoms with Gasteiger partial charge >= 0.3 is 0 Å². The molecular formula is C15H21N5O6. The Kier molecular flexibility index (Phi) is 5.05. The number of nitrogens with one attached hydrogen (secondary N) is 2. The second-order valence-electron chi connectivity index (χ2n) is 6.32. The molecule has 1 fully saturated rings. The molecule has 11 heteroatoms. The lowest BCUT2D eigenvalue weighted by Gasteiger charge is -2.20.